The van der Waals surface area contributed by atoms with E-state index in [0.29, 0.717) is 42.8 Å². The average Bonchev–Trinajstić information content (AvgIpc) is 3.51. The van der Waals surface area contributed by atoms with Crippen molar-refractivity contribution in [1.82, 2.24) is 19.3 Å². The largest absolute Gasteiger partial charge is 0.355 e. The Bertz CT molecular complexity index is 1420. The molecular formula is C27H36N6O3S2. The molecule has 0 spiro atoms. The number of piperazine rings is 1. The molecule has 4 heterocycles. The molecule has 0 bridgehead atoms. The van der Waals surface area contributed by atoms with Crippen molar-refractivity contribution >= 4 is 33.3 Å². The Kier molecular flexibility index (Phi) is 7.74. The summed E-state index contributed by atoms with van der Waals surface area (Å²) in [5.41, 5.74) is 5.47. The van der Waals surface area contributed by atoms with Crippen LogP contribution in [-0.4, -0.2) is 93.4 Å². The van der Waals surface area contributed by atoms with Gasteiger partial charge >= 0.3 is 0 Å². The zero-order valence-corrected chi connectivity index (χ0v) is 24.3. The van der Waals surface area contributed by atoms with Gasteiger partial charge in [-0.25, -0.2) is 8.42 Å². The van der Waals surface area contributed by atoms with Gasteiger partial charge in [-0.1, -0.05) is 23.4 Å². The molecule has 3 aromatic rings. The number of para-hydroxylation sites is 1. The number of nitrogens with zero attached hydrogens (tertiary/aromatic N) is 6. The van der Waals surface area contributed by atoms with Crippen molar-refractivity contribution in [2.75, 3.05) is 58.4 Å². The lowest BCUT2D eigenvalue weighted by atomic mass is 10.0. The fourth-order valence-electron chi connectivity index (χ4n) is 5.17. The van der Waals surface area contributed by atoms with Gasteiger partial charge in [-0.2, -0.15) is 4.31 Å². The molecule has 0 radical (unpaired) electrons. The summed E-state index contributed by atoms with van der Waals surface area (Å²) in [6, 6.07) is 10.2. The molecule has 11 heteroatoms. The van der Waals surface area contributed by atoms with E-state index in [1.165, 1.54) is 22.6 Å². The van der Waals surface area contributed by atoms with E-state index in [2.05, 4.69) is 64.1 Å². The molecule has 1 fully saturated rings. The van der Waals surface area contributed by atoms with Crippen molar-refractivity contribution in [2.24, 2.45) is 4.99 Å². The highest BCUT2D eigenvalue weighted by molar-refractivity contribution is 7.91. The number of rotatable bonds is 8. The van der Waals surface area contributed by atoms with Crippen LogP contribution in [0.1, 0.15) is 29.3 Å². The fraction of sp³-hybridized carbons (Fsp3) is 0.481. The number of aryl methyl sites for hydroxylation is 1. The molecule has 2 aliphatic rings. The van der Waals surface area contributed by atoms with Crippen LogP contribution in [0.5, 0.6) is 0 Å². The number of hydrogen-bond acceptors (Lipinski definition) is 9. The Hall–Kier alpha value is -2.57. The highest BCUT2D eigenvalue weighted by Gasteiger charge is 2.32. The fourth-order valence-corrected chi connectivity index (χ4v) is 8.09. The molecule has 1 atom stereocenters. The lowest BCUT2D eigenvalue weighted by Gasteiger charge is -2.40. The second-order valence-electron chi connectivity index (χ2n) is 10.4. The van der Waals surface area contributed by atoms with E-state index in [1.807, 2.05) is 26.1 Å². The topological polar surface area (TPSA) is 85.5 Å². The number of fused-ring (bicyclic) bond motifs is 1. The predicted molar refractivity (Wildman–Crippen MR) is 153 cm³/mol. The maximum absolute atomic E-state index is 13.4. The summed E-state index contributed by atoms with van der Waals surface area (Å²) < 4.78 is 34.2. The number of hydrogen-bond donors (Lipinski definition) is 0. The van der Waals surface area contributed by atoms with Gasteiger partial charge in [-0.15, -0.1) is 11.3 Å². The minimum atomic E-state index is -3.56. The smallest absolute Gasteiger partial charge is 0.252 e. The number of aromatic nitrogens is 1. The minimum absolute atomic E-state index is 0.242. The molecule has 5 rings (SSSR count). The zero-order valence-electron chi connectivity index (χ0n) is 22.7. The van der Waals surface area contributed by atoms with Gasteiger partial charge in [-0.05, 0) is 52.6 Å². The van der Waals surface area contributed by atoms with E-state index in [9.17, 15) is 8.42 Å². The van der Waals surface area contributed by atoms with Crippen LogP contribution < -0.4 is 4.90 Å². The normalized spacial score (nSPS) is 17.8. The van der Waals surface area contributed by atoms with Crippen LogP contribution in [-0.2, 0) is 16.6 Å². The predicted octanol–water partition coefficient (Wildman–Crippen LogP) is 3.67. The molecule has 2 aromatic heterocycles. The first-order valence-corrected chi connectivity index (χ1v) is 15.2. The van der Waals surface area contributed by atoms with Crippen LogP contribution in [0.4, 0.5) is 5.69 Å². The molecule has 0 aliphatic carbocycles. The van der Waals surface area contributed by atoms with Crippen LogP contribution in [0.15, 0.2) is 44.1 Å². The molecule has 9 nitrogen and oxygen atoms in total. The number of aliphatic imine (C=N–C) groups is 1. The van der Waals surface area contributed by atoms with Gasteiger partial charge < -0.3 is 14.3 Å². The highest BCUT2D eigenvalue weighted by Crippen LogP contribution is 2.35. The van der Waals surface area contributed by atoms with E-state index in [0.717, 1.165) is 34.8 Å². The van der Waals surface area contributed by atoms with E-state index < -0.39 is 10.0 Å². The van der Waals surface area contributed by atoms with Crippen LogP contribution in [0.3, 0.4) is 0 Å². The quantitative estimate of drug-likeness (QED) is 0.419. The highest BCUT2D eigenvalue weighted by atomic mass is 32.2. The lowest BCUT2D eigenvalue weighted by molar-refractivity contribution is 0.180. The number of anilines is 1. The van der Waals surface area contributed by atoms with Crippen LogP contribution >= 0.6 is 11.3 Å². The summed E-state index contributed by atoms with van der Waals surface area (Å²) in [5.74, 6) is 0.644. The second kappa shape index (κ2) is 10.9. The minimum Gasteiger partial charge on any atom is -0.355 e. The first-order valence-electron chi connectivity index (χ1n) is 12.9. The second-order valence-corrected chi connectivity index (χ2v) is 13.7. The molecule has 0 amide bonds. The van der Waals surface area contributed by atoms with Crippen molar-refractivity contribution in [3.63, 3.8) is 0 Å². The SMILES string of the molecule is Cc1noc(-c2ccc(S(=O)(=O)N3CCN(CC(C)N4CN=Cc5cccc(CN(C)C)c54)CC3)s2)c1C. The van der Waals surface area contributed by atoms with Gasteiger partial charge in [0.05, 0.1) is 16.3 Å². The number of thiophene rings is 1. The Morgan fingerprint density at radius 1 is 1.11 bits per heavy atom. The maximum atomic E-state index is 13.4. The van der Waals surface area contributed by atoms with E-state index in [-0.39, 0.29) is 6.04 Å². The van der Waals surface area contributed by atoms with Crippen molar-refractivity contribution in [1.29, 1.82) is 0 Å². The van der Waals surface area contributed by atoms with Gasteiger partial charge in [-0.3, -0.25) is 9.89 Å². The summed E-state index contributed by atoms with van der Waals surface area (Å²) >= 11 is 1.24. The molecule has 2 aliphatic heterocycles. The van der Waals surface area contributed by atoms with Crippen LogP contribution in [0, 0.1) is 13.8 Å². The molecular weight excluding hydrogens is 520 g/mol. The standard InChI is InChI=1S/C27H36N6O3S2/c1-19(33-18-28-15-22-7-6-8-23(26(22)33)17-30(4)5)16-31-11-13-32(14-12-31)38(34,35)25-10-9-24(37-25)27-20(2)21(3)29-36-27/h6-10,15,19H,11-14,16-18H2,1-5H3. The van der Waals surface area contributed by atoms with Crippen LogP contribution in [0.2, 0.25) is 0 Å². The summed E-state index contributed by atoms with van der Waals surface area (Å²) in [4.78, 5) is 12.3. The van der Waals surface area contributed by atoms with E-state index >= 15 is 0 Å². The summed E-state index contributed by atoms with van der Waals surface area (Å²) in [6.07, 6.45) is 1.97. The van der Waals surface area contributed by atoms with Crippen molar-refractivity contribution < 1.29 is 12.9 Å². The number of benzene rings is 1. The number of sulfonamides is 1. The third-order valence-corrected chi connectivity index (χ3v) is 10.8. The van der Waals surface area contributed by atoms with Gasteiger partial charge in [0.1, 0.15) is 10.9 Å². The Morgan fingerprint density at radius 2 is 1.87 bits per heavy atom. The summed E-state index contributed by atoms with van der Waals surface area (Å²) in [7, 11) is 0.620. The molecule has 1 unspecified atom stereocenters. The first kappa shape index (κ1) is 27.0. The molecule has 1 saturated heterocycles. The van der Waals surface area contributed by atoms with Gasteiger partial charge in [0.25, 0.3) is 10.0 Å². The van der Waals surface area contributed by atoms with E-state index in [1.54, 1.807) is 10.4 Å². The van der Waals surface area contributed by atoms with Crippen molar-refractivity contribution in [2.45, 2.75) is 37.6 Å². The van der Waals surface area contributed by atoms with Gasteiger partial charge in [0.2, 0.25) is 0 Å². The molecule has 1 aromatic carbocycles. The monoisotopic (exact) mass is 556 g/mol. The van der Waals surface area contributed by atoms with E-state index in [4.69, 9.17) is 4.52 Å². The molecule has 0 N–H and O–H groups in total. The Morgan fingerprint density at radius 3 is 2.55 bits per heavy atom. The third kappa shape index (κ3) is 5.30. The molecule has 0 saturated carbocycles. The third-order valence-electron chi connectivity index (χ3n) is 7.33. The molecule has 38 heavy (non-hydrogen) atoms. The lowest BCUT2D eigenvalue weighted by Crippen LogP contribution is -2.52. The Balaban J connectivity index is 1.23. The Labute approximate surface area is 229 Å². The summed E-state index contributed by atoms with van der Waals surface area (Å²) in [5, 5.41) is 4.00. The van der Waals surface area contributed by atoms with Gasteiger partial charge in [0.15, 0.2) is 5.76 Å². The molecule has 204 valence electrons. The summed E-state index contributed by atoms with van der Waals surface area (Å²) in [6.45, 7) is 10.8. The average molecular weight is 557 g/mol. The van der Waals surface area contributed by atoms with Crippen molar-refractivity contribution in [3.8, 4) is 10.6 Å². The first-order chi connectivity index (χ1) is 18.1. The van der Waals surface area contributed by atoms with Crippen molar-refractivity contribution in [3.05, 3.63) is 52.7 Å². The zero-order chi connectivity index (χ0) is 27.0. The maximum Gasteiger partial charge on any atom is 0.252 e. The van der Waals surface area contributed by atoms with Gasteiger partial charge in [0, 0.05) is 62.7 Å². The van der Waals surface area contributed by atoms with Crippen LogP contribution in [0.25, 0.3) is 10.6 Å².